The normalized spacial score (nSPS) is 13.6. The van der Waals surface area contributed by atoms with E-state index in [0.29, 0.717) is 18.5 Å². The maximum Gasteiger partial charge on any atom is 0.244 e. The van der Waals surface area contributed by atoms with Gasteiger partial charge in [0.25, 0.3) is 0 Å². The van der Waals surface area contributed by atoms with Crippen molar-refractivity contribution in [2.24, 2.45) is 0 Å². The van der Waals surface area contributed by atoms with Crippen LogP contribution in [-0.2, 0) is 14.8 Å². The third-order valence-electron chi connectivity index (χ3n) is 5.00. The van der Waals surface area contributed by atoms with Gasteiger partial charge in [-0.2, -0.15) is 0 Å². The van der Waals surface area contributed by atoms with E-state index in [1.807, 2.05) is 65.0 Å². The minimum absolute atomic E-state index is 0.169. The van der Waals surface area contributed by atoms with Crippen LogP contribution in [0.3, 0.4) is 0 Å². The van der Waals surface area contributed by atoms with E-state index in [9.17, 15) is 13.2 Å². The Kier molecular flexibility index (Phi) is 7.47. The van der Waals surface area contributed by atoms with Crippen LogP contribution in [0.15, 0.2) is 42.5 Å². The number of amides is 1. The zero-order valence-electron chi connectivity index (χ0n) is 18.2. The molecule has 5 nitrogen and oxygen atoms in total. The molecule has 0 aliphatic heterocycles. The molecule has 0 fully saturated rings. The van der Waals surface area contributed by atoms with Crippen molar-refractivity contribution in [1.29, 1.82) is 0 Å². The van der Waals surface area contributed by atoms with Crippen LogP contribution in [0.25, 0.3) is 0 Å². The monoisotopic (exact) mass is 416 g/mol. The van der Waals surface area contributed by atoms with Crippen molar-refractivity contribution in [3.05, 3.63) is 64.7 Å². The fourth-order valence-corrected chi connectivity index (χ4v) is 4.82. The molecule has 2 aromatic carbocycles. The van der Waals surface area contributed by atoms with E-state index in [1.54, 1.807) is 12.1 Å². The second-order valence-corrected chi connectivity index (χ2v) is 9.57. The number of sulfonamides is 1. The highest BCUT2D eigenvalue weighted by Crippen LogP contribution is 2.26. The molecule has 0 saturated heterocycles. The highest BCUT2D eigenvalue weighted by molar-refractivity contribution is 7.92. The Balaban J connectivity index is 2.38. The van der Waals surface area contributed by atoms with Gasteiger partial charge in [-0.1, -0.05) is 49.7 Å². The van der Waals surface area contributed by atoms with Gasteiger partial charge in [0.1, 0.15) is 6.04 Å². The lowest BCUT2D eigenvalue weighted by Crippen LogP contribution is -2.50. The topological polar surface area (TPSA) is 66.5 Å². The number of anilines is 1. The number of benzene rings is 2. The molecule has 0 aromatic heterocycles. The number of nitrogens with zero attached hydrogens (tertiary/aromatic N) is 1. The van der Waals surface area contributed by atoms with E-state index >= 15 is 0 Å². The largest absolute Gasteiger partial charge is 0.347 e. The number of hydrogen-bond acceptors (Lipinski definition) is 3. The summed E-state index contributed by atoms with van der Waals surface area (Å²) in [4.78, 5) is 13.2. The van der Waals surface area contributed by atoms with Gasteiger partial charge in [-0.05, 0) is 62.4 Å². The molecule has 0 saturated carbocycles. The van der Waals surface area contributed by atoms with Gasteiger partial charge in [0.2, 0.25) is 15.9 Å². The van der Waals surface area contributed by atoms with Crippen molar-refractivity contribution in [2.45, 2.75) is 59.5 Å². The smallest absolute Gasteiger partial charge is 0.244 e. The molecule has 0 radical (unpaired) electrons. The van der Waals surface area contributed by atoms with Gasteiger partial charge < -0.3 is 5.32 Å². The summed E-state index contributed by atoms with van der Waals surface area (Å²) >= 11 is 0. The van der Waals surface area contributed by atoms with Crippen molar-refractivity contribution in [3.63, 3.8) is 0 Å². The van der Waals surface area contributed by atoms with Gasteiger partial charge in [-0.25, -0.2) is 8.42 Å². The Morgan fingerprint density at radius 3 is 1.93 bits per heavy atom. The Hall–Kier alpha value is -2.34. The Bertz CT molecular complexity index is 932. The molecular weight excluding hydrogens is 384 g/mol. The van der Waals surface area contributed by atoms with Crippen LogP contribution in [0, 0.1) is 20.8 Å². The molecule has 2 rings (SSSR count). The highest BCUT2D eigenvalue weighted by Gasteiger charge is 2.32. The Morgan fingerprint density at radius 2 is 1.48 bits per heavy atom. The second kappa shape index (κ2) is 9.44. The first-order valence-electron chi connectivity index (χ1n) is 10.0. The van der Waals surface area contributed by atoms with Crippen molar-refractivity contribution >= 4 is 21.6 Å². The molecule has 0 aliphatic carbocycles. The highest BCUT2D eigenvalue weighted by atomic mass is 32.2. The zero-order valence-corrected chi connectivity index (χ0v) is 19.0. The third-order valence-corrected chi connectivity index (χ3v) is 6.18. The number of carbonyl (C=O) groups is 1. The first kappa shape index (κ1) is 22.9. The molecule has 0 spiro atoms. The number of carbonyl (C=O) groups excluding carboxylic acids is 1. The molecule has 2 aromatic rings. The van der Waals surface area contributed by atoms with Gasteiger partial charge in [-0.15, -0.1) is 0 Å². The molecule has 0 aliphatic rings. The molecule has 0 unspecified atom stereocenters. The van der Waals surface area contributed by atoms with Crippen LogP contribution in [0.1, 0.15) is 55.0 Å². The third kappa shape index (κ3) is 5.82. The predicted octanol–water partition coefficient (Wildman–Crippen LogP) is 4.42. The molecule has 1 N–H and O–H groups in total. The van der Waals surface area contributed by atoms with Crippen LogP contribution in [0.5, 0.6) is 0 Å². The quantitative estimate of drug-likeness (QED) is 0.692. The Labute approximate surface area is 175 Å². The fourth-order valence-electron chi connectivity index (χ4n) is 3.63. The van der Waals surface area contributed by atoms with Gasteiger partial charge in [0, 0.05) is 0 Å². The molecule has 158 valence electrons. The lowest BCUT2D eigenvalue weighted by molar-refractivity contribution is -0.123. The molecular formula is C23H32N2O3S. The van der Waals surface area contributed by atoms with Crippen LogP contribution in [0.2, 0.25) is 0 Å². The number of nitrogens with one attached hydrogen (secondary N) is 1. The molecule has 29 heavy (non-hydrogen) atoms. The first-order valence-corrected chi connectivity index (χ1v) is 11.9. The summed E-state index contributed by atoms with van der Waals surface area (Å²) in [7, 11) is -3.65. The summed E-state index contributed by atoms with van der Waals surface area (Å²) in [5.74, 6) is -0.287. The SMILES string of the molecule is CC[C@H](C(=O)N[C@H](CC)c1ccc(C)cc1)N(c1cc(C)cc(C)c1)S(C)(=O)=O. The summed E-state index contributed by atoms with van der Waals surface area (Å²) in [5.41, 5.74) is 4.60. The maximum absolute atomic E-state index is 13.2. The first-order chi connectivity index (χ1) is 13.6. The average Bonchev–Trinajstić information content (AvgIpc) is 2.62. The van der Waals surface area contributed by atoms with E-state index in [2.05, 4.69) is 5.32 Å². The Morgan fingerprint density at radius 1 is 0.931 bits per heavy atom. The van der Waals surface area contributed by atoms with Gasteiger partial charge in [-0.3, -0.25) is 9.10 Å². The summed E-state index contributed by atoms with van der Waals surface area (Å²) in [6.45, 7) is 9.69. The lowest BCUT2D eigenvalue weighted by Gasteiger charge is -2.32. The van der Waals surface area contributed by atoms with Crippen LogP contribution in [-0.4, -0.2) is 26.6 Å². The van der Waals surface area contributed by atoms with Crippen molar-refractivity contribution in [2.75, 3.05) is 10.6 Å². The van der Waals surface area contributed by atoms with Gasteiger partial charge in [0.05, 0.1) is 18.0 Å². The average molecular weight is 417 g/mol. The number of rotatable bonds is 8. The molecule has 1 amide bonds. The van der Waals surface area contributed by atoms with E-state index in [4.69, 9.17) is 0 Å². The van der Waals surface area contributed by atoms with E-state index in [-0.39, 0.29) is 11.9 Å². The zero-order chi connectivity index (χ0) is 21.8. The van der Waals surface area contributed by atoms with E-state index in [0.717, 1.165) is 28.5 Å². The number of hydrogen-bond donors (Lipinski definition) is 1. The predicted molar refractivity (Wildman–Crippen MR) is 120 cm³/mol. The standard InChI is InChI=1S/C23H32N2O3S/c1-7-21(19-11-9-16(3)10-12-19)24-23(26)22(8-2)25(29(6,27)28)20-14-17(4)13-18(5)15-20/h9-15,21-22H,7-8H2,1-6H3,(H,24,26)/t21-,22-/m1/s1. The molecule has 6 heteroatoms. The fraction of sp³-hybridized carbons (Fsp3) is 0.435. The second-order valence-electron chi connectivity index (χ2n) is 7.71. The van der Waals surface area contributed by atoms with Crippen LogP contribution >= 0.6 is 0 Å². The molecule has 0 bridgehead atoms. The molecule has 2 atom stereocenters. The van der Waals surface area contributed by atoms with Crippen LogP contribution < -0.4 is 9.62 Å². The molecule has 0 heterocycles. The summed E-state index contributed by atoms with van der Waals surface area (Å²) in [6.07, 6.45) is 2.24. The van der Waals surface area contributed by atoms with E-state index < -0.39 is 16.1 Å². The number of aryl methyl sites for hydroxylation is 3. The minimum Gasteiger partial charge on any atom is -0.347 e. The lowest BCUT2D eigenvalue weighted by atomic mass is 10.0. The van der Waals surface area contributed by atoms with Gasteiger partial charge >= 0.3 is 0 Å². The summed E-state index contributed by atoms with van der Waals surface area (Å²) < 4.78 is 26.6. The minimum atomic E-state index is -3.65. The van der Waals surface area contributed by atoms with Crippen molar-refractivity contribution < 1.29 is 13.2 Å². The van der Waals surface area contributed by atoms with Gasteiger partial charge in [0.15, 0.2) is 0 Å². The van der Waals surface area contributed by atoms with Crippen molar-refractivity contribution in [1.82, 2.24) is 5.32 Å². The maximum atomic E-state index is 13.2. The van der Waals surface area contributed by atoms with Crippen molar-refractivity contribution in [3.8, 4) is 0 Å². The van der Waals surface area contributed by atoms with E-state index in [1.165, 1.54) is 4.31 Å². The van der Waals surface area contributed by atoms with Crippen LogP contribution in [0.4, 0.5) is 5.69 Å². The summed E-state index contributed by atoms with van der Waals surface area (Å²) in [6, 6.07) is 12.6. The summed E-state index contributed by atoms with van der Waals surface area (Å²) in [5, 5.41) is 3.06.